The number of rotatable bonds is 10. The molecule has 5 heterocycles. The molecule has 0 saturated carbocycles. The topological polar surface area (TPSA) is 161 Å². The van der Waals surface area contributed by atoms with E-state index in [9.17, 15) is 22.8 Å². The third-order valence-corrected chi connectivity index (χ3v) is 12.5. The number of aryl methyl sites for hydroxylation is 1. The number of sulfonamides is 1. The minimum Gasteiger partial charge on any atom is -0.496 e. The van der Waals surface area contributed by atoms with Gasteiger partial charge < -0.3 is 18.6 Å². The summed E-state index contributed by atoms with van der Waals surface area (Å²) >= 11 is 1.17. The maximum Gasteiger partial charge on any atom is 0.332 e. The normalized spacial score (nSPS) is 20.9. The second kappa shape index (κ2) is 12.9. The van der Waals surface area contributed by atoms with Gasteiger partial charge in [0.25, 0.3) is 11.5 Å². The number of carbonyl (C=O) groups is 1. The van der Waals surface area contributed by atoms with E-state index >= 15 is 0 Å². The number of amides is 1. The summed E-state index contributed by atoms with van der Waals surface area (Å²) in [5, 5.41) is 0.189. The highest BCUT2D eigenvalue weighted by atomic mass is 32.2. The fraction of sp³-hybridized carbons (Fsp3) is 0.515. The Labute approximate surface area is 283 Å². The molecular weight excluding hydrogens is 661 g/mol. The van der Waals surface area contributed by atoms with Crippen LogP contribution >= 0.6 is 11.3 Å². The number of benzene rings is 1. The molecule has 48 heavy (non-hydrogen) atoms. The van der Waals surface area contributed by atoms with Gasteiger partial charge in [-0.25, -0.2) is 22.8 Å². The van der Waals surface area contributed by atoms with E-state index in [1.54, 1.807) is 14.0 Å². The maximum atomic E-state index is 14.5. The van der Waals surface area contributed by atoms with Gasteiger partial charge in [0.15, 0.2) is 0 Å². The number of carbonyl (C=O) groups excluding carboxylic acids is 1. The van der Waals surface area contributed by atoms with Crippen molar-refractivity contribution in [2.45, 2.75) is 102 Å². The molecule has 13 nitrogen and oxygen atoms in total. The molecule has 0 spiro atoms. The molecule has 0 aliphatic carbocycles. The zero-order valence-electron chi connectivity index (χ0n) is 27.7. The Morgan fingerprint density at radius 3 is 2.50 bits per heavy atom. The van der Waals surface area contributed by atoms with Gasteiger partial charge in [0.1, 0.15) is 29.0 Å². The SMILES string of the molecule is COc1ccccc1[C@H](Cn1c(=O)n([C@@H](C)C(=O)NS(=O)(=O)C(C)(C)C)c(=O)c2c(C)c(-c3ncco3)sc21)OC1C[C@H]2CC[C@@H](C1)O2.[HH]. The Bertz CT molecular complexity index is 2050. The highest BCUT2D eigenvalue weighted by molar-refractivity contribution is 7.91. The number of hydrogen-bond acceptors (Lipinski definition) is 11. The lowest BCUT2D eigenvalue weighted by atomic mass is 10.0. The summed E-state index contributed by atoms with van der Waals surface area (Å²) in [5.74, 6) is -0.167. The van der Waals surface area contributed by atoms with Crippen molar-refractivity contribution in [2.24, 2.45) is 0 Å². The van der Waals surface area contributed by atoms with Crippen molar-refractivity contribution in [3.05, 3.63) is 68.7 Å². The predicted octanol–water partition coefficient (Wildman–Crippen LogP) is 4.72. The van der Waals surface area contributed by atoms with Gasteiger partial charge in [-0.2, -0.15) is 0 Å². The van der Waals surface area contributed by atoms with Crippen molar-refractivity contribution >= 4 is 37.5 Å². The number of fused-ring (bicyclic) bond motifs is 3. The van der Waals surface area contributed by atoms with E-state index in [0.29, 0.717) is 39.4 Å². The van der Waals surface area contributed by atoms with Crippen LogP contribution in [0.2, 0.25) is 0 Å². The molecule has 1 amide bonds. The number of thiophene rings is 1. The van der Waals surface area contributed by atoms with E-state index in [1.807, 2.05) is 24.3 Å². The van der Waals surface area contributed by atoms with E-state index in [1.165, 1.54) is 56.1 Å². The third kappa shape index (κ3) is 6.24. The molecule has 2 saturated heterocycles. The van der Waals surface area contributed by atoms with Crippen LogP contribution in [-0.4, -0.2) is 58.6 Å². The molecule has 2 aliphatic heterocycles. The number of ether oxygens (including phenoxy) is 3. The molecule has 1 aromatic carbocycles. The number of nitrogens with one attached hydrogen (secondary N) is 1. The van der Waals surface area contributed by atoms with Crippen LogP contribution in [-0.2, 0) is 30.8 Å². The Kier molecular flexibility index (Phi) is 9.17. The van der Waals surface area contributed by atoms with Crippen LogP contribution in [0.5, 0.6) is 5.75 Å². The number of aromatic nitrogens is 3. The third-order valence-electron chi connectivity index (χ3n) is 9.12. The first-order chi connectivity index (χ1) is 22.7. The Balaban J connectivity index is 0.00000468. The molecule has 2 fully saturated rings. The number of nitrogens with zero attached hydrogens (tertiary/aromatic N) is 3. The summed E-state index contributed by atoms with van der Waals surface area (Å²) in [6, 6.07) is 5.92. The van der Waals surface area contributed by atoms with Crippen LogP contribution < -0.4 is 20.7 Å². The molecular formula is C33H42N4O9S2. The van der Waals surface area contributed by atoms with Crippen LogP contribution in [0, 0.1) is 6.92 Å². The summed E-state index contributed by atoms with van der Waals surface area (Å²) in [5.41, 5.74) is -0.307. The smallest absolute Gasteiger partial charge is 0.332 e. The zero-order valence-corrected chi connectivity index (χ0v) is 29.4. The van der Waals surface area contributed by atoms with Crippen LogP contribution in [0.15, 0.2) is 50.7 Å². The van der Waals surface area contributed by atoms with Gasteiger partial charge in [-0.1, -0.05) is 18.2 Å². The van der Waals surface area contributed by atoms with E-state index in [-0.39, 0.29) is 37.6 Å². The van der Waals surface area contributed by atoms with Crippen LogP contribution in [0.3, 0.4) is 0 Å². The molecule has 2 aliphatic rings. The van der Waals surface area contributed by atoms with Crippen LogP contribution in [0.4, 0.5) is 0 Å². The van der Waals surface area contributed by atoms with Crippen molar-refractivity contribution in [3.8, 4) is 16.5 Å². The van der Waals surface area contributed by atoms with Crippen molar-refractivity contribution in [1.29, 1.82) is 0 Å². The summed E-state index contributed by atoms with van der Waals surface area (Å²) in [7, 11) is -2.57. The largest absolute Gasteiger partial charge is 0.496 e. The van der Waals surface area contributed by atoms with E-state index < -0.39 is 44.1 Å². The number of oxazole rings is 1. The lowest BCUT2D eigenvalue weighted by Crippen LogP contribution is -2.49. The molecule has 6 rings (SSSR count). The lowest BCUT2D eigenvalue weighted by molar-refractivity contribution is -0.122. The molecule has 15 heteroatoms. The fourth-order valence-corrected chi connectivity index (χ4v) is 8.34. The van der Waals surface area contributed by atoms with Crippen molar-refractivity contribution < 1.29 is 33.3 Å². The van der Waals surface area contributed by atoms with Gasteiger partial charge in [-0.05, 0) is 71.9 Å². The first kappa shape index (κ1) is 34.1. The maximum absolute atomic E-state index is 14.5. The van der Waals surface area contributed by atoms with E-state index in [2.05, 4.69) is 9.71 Å². The standard InChI is InChI=1S/C33H40N4O9S2.H2/c1-18-26-30(39)37(19(2)28(38)35-48(41,42)33(3,4)5)32(40)36(31(26)47-27(18)29-34-13-14-44-29)17-25(23-9-7-8-10-24(23)43-6)46-22-15-20-11-12-21(16-22)45-20;/h7-10,13-14,19-22,25H,11-12,15-17H2,1-6H3,(H,35,38);1H/t19-,20-,21+,22?,25-;/m0./s1. The average molecular weight is 703 g/mol. The molecule has 1 N–H and O–H groups in total. The van der Waals surface area contributed by atoms with Gasteiger partial charge in [-0.15, -0.1) is 11.3 Å². The summed E-state index contributed by atoms with van der Waals surface area (Å²) in [6.07, 6.45) is 5.62. The fourth-order valence-electron chi connectivity index (χ4n) is 6.36. The predicted molar refractivity (Wildman–Crippen MR) is 182 cm³/mol. The Hall–Kier alpha value is -3.79. The second-order valence-corrected chi connectivity index (χ2v) is 16.8. The van der Waals surface area contributed by atoms with Crippen molar-refractivity contribution in [3.63, 3.8) is 0 Å². The molecule has 260 valence electrons. The van der Waals surface area contributed by atoms with Crippen molar-refractivity contribution in [2.75, 3.05) is 7.11 Å². The lowest BCUT2D eigenvalue weighted by Gasteiger charge is -2.32. The number of hydrogen-bond donors (Lipinski definition) is 1. The average Bonchev–Trinajstić information content (AvgIpc) is 3.77. The monoisotopic (exact) mass is 702 g/mol. The summed E-state index contributed by atoms with van der Waals surface area (Å²) in [4.78, 5) is 47.3. The molecule has 4 aromatic rings. The van der Waals surface area contributed by atoms with Gasteiger partial charge in [0.05, 0.1) is 53.2 Å². The van der Waals surface area contributed by atoms with Gasteiger partial charge >= 0.3 is 5.69 Å². The minimum absolute atomic E-state index is 0. The minimum atomic E-state index is -4.13. The Morgan fingerprint density at radius 2 is 1.88 bits per heavy atom. The Morgan fingerprint density at radius 1 is 1.19 bits per heavy atom. The quantitative estimate of drug-likeness (QED) is 0.245. The summed E-state index contributed by atoms with van der Waals surface area (Å²) < 4.78 is 52.9. The molecule has 1 unspecified atom stereocenters. The first-order valence-electron chi connectivity index (χ1n) is 15.9. The first-order valence-corrected chi connectivity index (χ1v) is 18.2. The number of para-hydroxylation sites is 1. The second-order valence-electron chi connectivity index (χ2n) is 13.3. The highest BCUT2D eigenvalue weighted by Gasteiger charge is 2.38. The van der Waals surface area contributed by atoms with Crippen LogP contribution in [0.1, 0.15) is 78.1 Å². The molecule has 3 aromatic heterocycles. The highest BCUT2D eigenvalue weighted by Crippen LogP contribution is 2.40. The van der Waals surface area contributed by atoms with Gasteiger partial charge in [0, 0.05) is 6.99 Å². The van der Waals surface area contributed by atoms with E-state index in [0.717, 1.165) is 17.4 Å². The van der Waals surface area contributed by atoms with E-state index in [4.69, 9.17) is 18.6 Å². The van der Waals surface area contributed by atoms with Crippen molar-refractivity contribution in [1.82, 2.24) is 18.8 Å². The molecule has 0 radical (unpaired) electrons. The molecule has 5 atom stereocenters. The zero-order chi connectivity index (χ0) is 34.5. The molecule has 2 bridgehead atoms. The number of methoxy groups -OCH3 is 1. The van der Waals surface area contributed by atoms with Gasteiger partial charge in [-0.3, -0.25) is 18.9 Å². The summed E-state index contributed by atoms with van der Waals surface area (Å²) in [6.45, 7) is 7.34. The van der Waals surface area contributed by atoms with Crippen LogP contribution in [0.25, 0.3) is 21.0 Å². The van der Waals surface area contributed by atoms with Gasteiger partial charge in [0.2, 0.25) is 15.9 Å².